The van der Waals surface area contributed by atoms with Crippen LogP contribution in [0.5, 0.6) is 0 Å². The number of ether oxygens (including phenoxy) is 1. The van der Waals surface area contributed by atoms with E-state index in [4.69, 9.17) is 33.7 Å². The smallest absolute Gasteiger partial charge is 0.249 e. The second kappa shape index (κ2) is 7.44. The van der Waals surface area contributed by atoms with Gasteiger partial charge in [-0.2, -0.15) is 0 Å². The van der Waals surface area contributed by atoms with Crippen LogP contribution in [0.2, 0.25) is 10.0 Å². The molecule has 25 heavy (non-hydrogen) atoms. The molecule has 0 aromatic heterocycles. The summed E-state index contributed by atoms with van der Waals surface area (Å²) in [6, 6.07) is 13.8. The standard InChI is InChI=1S/C18H16Cl2N2O3/c19-13-5-1-11(2-6-13)17-18(12-3-7-14(20)8-4-12)25-10-16(24)22(17)9-15(21)23/h1-8,17-18H,9-10H2,(H2,21,23). The Hall–Kier alpha value is -2.08. The van der Waals surface area contributed by atoms with Crippen molar-refractivity contribution < 1.29 is 14.3 Å². The van der Waals surface area contributed by atoms with Gasteiger partial charge in [0.1, 0.15) is 19.3 Å². The van der Waals surface area contributed by atoms with Gasteiger partial charge in [-0.15, -0.1) is 0 Å². The Bertz CT molecular complexity index is 778. The van der Waals surface area contributed by atoms with Gasteiger partial charge in [-0.1, -0.05) is 47.5 Å². The van der Waals surface area contributed by atoms with Gasteiger partial charge in [0.15, 0.2) is 0 Å². The monoisotopic (exact) mass is 378 g/mol. The number of morpholine rings is 1. The minimum absolute atomic E-state index is 0.120. The highest BCUT2D eigenvalue weighted by atomic mass is 35.5. The van der Waals surface area contributed by atoms with Crippen LogP contribution in [0.1, 0.15) is 23.3 Å². The number of nitrogens with zero attached hydrogens (tertiary/aromatic N) is 1. The first-order chi connectivity index (χ1) is 12.0. The van der Waals surface area contributed by atoms with Gasteiger partial charge in [0.25, 0.3) is 0 Å². The Morgan fingerprint density at radius 2 is 1.56 bits per heavy atom. The Labute approximate surface area is 155 Å². The second-order valence-electron chi connectivity index (χ2n) is 5.77. The molecule has 2 N–H and O–H groups in total. The molecule has 1 saturated heterocycles. The van der Waals surface area contributed by atoms with Crippen LogP contribution in [0.4, 0.5) is 0 Å². The Kier molecular flexibility index (Phi) is 5.27. The van der Waals surface area contributed by atoms with Gasteiger partial charge in [0, 0.05) is 10.0 Å². The first-order valence-corrected chi connectivity index (χ1v) is 8.41. The number of carbonyl (C=O) groups is 2. The topological polar surface area (TPSA) is 72.6 Å². The number of amides is 2. The van der Waals surface area contributed by atoms with Crippen LogP contribution in [0, 0.1) is 0 Å². The van der Waals surface area contributed by atoms with Gasteiger partial charge in [0.05, 0.1) is 6.04 Å². The summed E-state index contributed by atoms with van der Waals surface area (Å²) in [7, 11) is 0. The van der Waals surface area contributed by atoms with Gasteiger partial charge in [-0.25, -0.2) is 0 Å². The van der Waals surface area contributed by atoms with Gasteiger partial charge in [-0.05, 0) is 35.4 Å². The molecule has 3 rings (SSSR count). The summed E-state index contributed by atoms with van der Waals surface area (Å²) in [4.78, 5) is 25.3. The number of nitrogens with two attached hydrogens (primary N) is 1. The minimum atomic E-state index is -0.580. The zero-order chi connectivity index (χ0) is 18.0. The fraction of sp³-hybridized carbons (Fsp3) is 0.222. The first kappa shape index (κ1) is 17.7. The van der Waals surface area contributed by atoms with E-state index in [0.717, 1.165) is 11.1 Å². The third-order valence-electron chi connectivity index (χ3n) is 4.07. The minimum Gasteiger partial charge on any atom is -0.368 e. The lowest BCUT2D eigenvalue weighted by atomic mass is 9.92. The summed E-state index contributed by atoms with van der Waals surface area (Å²) in [5.74, 6) is -0.868. The molecule has 2 aromatic carbocycles. The van der Waals surface area contributed by atoms with Crippen molar-refractivity contribution in [1.82, 2.24) is 4.90 Å². The molecule has 130 valence electrons. The summed E-state index contributed by atoms with van der Waals surface area (Å²) in [5, 5.41) is 1.18. The van der Waals surface area contributed by atoms with E-state index in [0.29, 0.717) is 10.0 Å². The fourth-order valence-corrected chi connectivity index (χ4v) is 3.21. The molecule has 0 bridgehead atoms. The number of hydrogen-bond donors (Lipinski definition) is 1. The molecule has 2 amide bonds. The van der Waals surface area contributed by atoms with Gasteiger partial charge in [0.2, 0.25) is 11.8 Å². The van der Waals surface area contributed by atoms with Crippen molar-refractivity contribution in [2.75, 3.05) is 13.2 Å². The summed E-state index contributed by atoms with van der Waals surface area (Å²) in [6.45, 7) is -0.301. The highest BCUT2D eigenvalue weighted by molar-refractivity contribution is 6.30. The van der Waals surface area contributed by atoms with Crippen molar-refractivity contribution in [1.29, 1.82) is 0 Å². The van der Waals surface area contributed by atoms with Crippen LogP contribution >= 0.6 is 23.2 Å². The summed E-state index contributed by atoms with van der Waals surface area (Å²) in [5.41, 5.74) is 7.00. The van der Waals surface area contributed by atoms with Gasteiger partial charge < -0.3 is 15.4 Å². The number of halogens is 2. The van der Waals surface area contributed by atoms with Crippen LogP contribution in [0.15, 0.2) is 48.5 Å². The lowest BCUT2D eigenvalue weighted by molar-refractivity contribution is -0.160. The summed E-state index contributed by atoms with van der Waals surface area (Å²) >= 11 is 11.9. The molecule has 0 radical (unpaired) electrons. The average molecular weight is 379 g/mol. The molecule has 5 nitrogen and oxygen atoms in total. The second-order valence-corrected chi connectivity index (χ2v) is 6.64. The number of carbonyl (C=O) groups excluding carboxylic acids is 2. The van der Waals surface area contributed by atoms with Crippen molar-refractivity contribution in [3.05, 3.63) is 69.7 Å². The Balaban J connectivity index is 2.05. The first-order valence-electron chi connectivity index (χ1n) is 7.66. The molecule has 2 unspecified atom stereocenters. The van der Waals surface area contributed by atoms with Crippen LogP contribution in [-0.2, 0) is 14.3 Å². The molecule has 1 heterocycles. The lowest BCUT2D eigenvalue weighted by Gasteiger charge is -2.41. The van der Waals surface area contributed by atoms with Crippen LogP contribution in [0.25, 0.3) is 0 Å². The number of rotatable bonds is 4. The zero-order valence-electron chi connectivity index (χ0n) is 13.2. The van der Waals surface area contributed by atoms with E-state index in [1.165, 1.54) is 4.90 Å². The van der Waals surface area contributed by atoms with Crippen LogP contribution < -0.4 is 5.73 Å². The van der Waals surface area contributed by atoms with E-state index >= 15 is 0 Å². The van der Waals surface area contributed by atoms with Crippen molar-refractivity contribution in [2.24, 2.45) is 5.73 Å². The van der Waals surface area contributed by atoms with E-state index in [1.807, 2.05) is 24.3 Å². The molecule has 7 heteroatoms. The quantitative estimate of drug-likeness (QED) is 0.887. The number of benzene rings is 2. The molecular formula is C18H16Cl2N2O3. The normalized spacial score (nSPS) is 20.6. The number of hydrogen-bond acceptors (Lipinski definition) is 3. The predicted octanol–water partition coefficient (Wildman–Crippen LogP) is 3.12. The van der Waals surface area contributed by atoms with Crippen molar-refractivity contribution >= 4 is 35.0 Å². The van der Waals surface area contributed by atoms with Crippen molar-refractivity contribution in [2.45, 2.75) is 12.1 Å². The molecule has 0 spiro atoms. The van der Waals surface area contributed by atoms with E-state index in [9.17, 15) is 9.59 Å². The molecule has 1 aliphatic heterocycles. The maximum atomic E-state index is 12.4. The van der Waals surface area contributed by atoms with Crippen LogP contribution in [0.3, 0.4) is 0 Å². The zero-order valence-corrected chi connectivity index (χ0v) is 14.7. The molecule has 0 aliphatic carbocycles. The SMILES string of the molecule is NC(=O)CN1C(=O)COC(c2ccc(Cl)cc2)C1c1ccc(Cl)cc1. The van der Waals surface area contributed by atoms with Gasteiger partial charge in [-0.3, -0.25) is 9.59 Å². The molecule has 0 saturated carbocycles. The van der Waals surface area contributed by atoms with E-state index in [1.54, 1.807) is 24.3 Å². The van der Waals surface area contributed by atoms with Gasteiger partial charge >= 0.3 is 0 Å². The molecule has 2 aromatic rings. The van der Waals surface area contributed by atoms with Crippen LogP contribution in [-0.4, -0.2) is 29.9 Å². The highest BCUT2D eigenvalue weighted by Gasteiger charge is 2.39. The lowest BCUT2D eigenvalue weighted by Crippen LogP contribution is -2.48. The van der Waals surface area contributed by atoms with E-state index < -0.39 is 18.1 Å². The summed E-state index contributed by atoms with van der Waals surface area (Å²) < 4.78 is 5.81. The molecule has 1 fully saturated rings. The largest absolute Gasteiger partial charge is 0.368 e. The fourth-order valence-electron chi connectivity index (χ4n) is 2.95. The third kappa shape index (κ3) is 3.95. The highest BCUT2D eigenvalue weighted by Crippen LogP contribution is 2.40. The van der Waals surface area contributed by atoms with E-state index in [2.05, 4.69) is 0 Å². The van der Waals surface area contributed by atoms with Crippen molar-refractivity contribution in [3.63, 3.8) is 0 Å². The maximum Gasteiger partial charge on any atom is 0.249 e. The molecule has 2 atom stereocenters. The Morgan fingerprint density at radius 3 is 2.08 bits per heavy atom. The maximum absolute atomic E-state index is 12.4. The van der Waals surface area contributed by atoms with Crippen molar-refractivity contribution in [3.8, 4) is 0 Å². The summed E-state index contributed by atoms with van der Waals surface area (Å²) in [6.07, 6.45) is -0.449. The Morgan fingerprint density at radius 1 is 1.04 bits per heavy atom. The molecule has 1 aliphatic rings. The average Bonchev–Trinajstić information content (AvgIpc) is 2.58. The number of primary amides is 1. The van der Waals surface area contributed by atoms with E-state index in [-0.39, 0.29) is 19.1 Å². The molecular weight excluding hydrogens is 363 g/mol. The predicted molar refractivity (Wildman–Crippen MR) is 95.2 cm³/mol. The third-order valence-corrected chi connectivity index (χ3v) is 4.57.